The summed E-state index contributed by atoms with van der Waals surface area (Å²) in [5.74, 6) is 0. The Kier molecular flexibility index (Phi) is 5.92. The molecule has 0 aliphatic rings. The normalized spacial score (nSPS) is 12.0. The fourth-order valence-electron chi connectivity index (χ4n) is 1.23. The highest BCUT2D eigenvalue weighted by molar-refractivity contribution is 7.89. The Morgan fingerprint density at radius 2 is 2.11 bits per heavy atom. The van der Waals surface area contributed by atoms with Crippen molar-refractivity contribution < 1.29 is 21.9 Å². The van der Waals surface area contributed by atoms with Crippen LogP contribution in [-0.4, -0.2) is 34.6 Å². The van der Waals surface area contributed by atoms with E-state index in [1.54, 1.807) is 0 Å². The van der Waals surface area contributed by atoms with Crippen molar-refractivity contribution in [3.8, 4) is 0 Å². The average Bonchev–Trinajstić information content (AvgIpc) is 2.27. The quantitative estimate of drug-likeness (QED) is 0.590. The second-order valence-corrected chi connectivity index (χ2v) is 5.70. The molecule has 0 amide bonds. The third-order valence-electron chi connectivity index (χ3n) is 2.03. The zero-order valence-electron chi connectivity index (χ0n) is 9.77. The molecule has 1 rings (SSSR count). The van der Waals surface area contributed by atoms with Gasteiger partial charge in [0, 0.05) is 12.2 Å². The third-order valence-corrected chi connectivity index (χ3v) is 3.97. The molecule has 0 atom stereocenters. The summed E-state index contributed by atoms with van der Waals surface area (Å²) in [7, 11) is -3.81. The summed E-state index contributed by atoms with van der Waals surface area (Å²) < 4.78 is 53.9. The molecule has 0 saturated carbocycles. The molecule has 0 spiro atoms. The van der Waals surface area contributed by atoms with Crippen LogP contribution in [0.1, 0.15) is 0 Å². The molecule has 0 aromatic heterocycles. The molecule has 0 saturated heterocycles. The number of ether oxygens (including phenoxy) is 1. The van der Waals surface area contributed by atoms with Crippen molar-refractivity contribution >= 4 is 27.3 Å². The van der Waals surface area contributed by atoms with Crippen LogP contribution >= 0.6 is 11.6 Å². The van der Waals surface area contributed by atoms with Crippen molar-refractivity contribution in [2.45, 2.75) is 11.3 Å². The van der Waals surface area contributed by atoms with Crippen LogP contribution in [0.5, 0.6) is 0 Å². The van der Waals surface area contributed by atoms with Crippen LogP contribution in [0.25, 0.3) is 0 Å². The van der Waals surface area contributed by atoms with Crippen molar-refractivity contribution in [3.05, 3.63) is 23.2 Å². The van der Waals surface area contributed by atoms with E-state index in [0.717, 1.165) is 0 Å². The van der Waals surface area contributed by atoms with Crippen LogP contribution in [0.4, 0.5) is 14.5 Å². The fraction of sp³-hybridized carbons (Fsp3) is 0.400. The van der Waals surface area contributed by atoms with Gasteiger partial charge < -0.3 is 10.5 Å². The Morgan fingerprint density at radius 1 is 1.42 bits per heavy atom. The summed E-state index contributed by atoms with van der Waals surface area (Å²) in [5, 5.41) is -0.0130. The van der Waals surface area contributed by atoms with Crippen LogP contribution in [0.2, 0.25) is 5.02 Å². The number of benzene rings is 1. The Bertz CT molecular complexity index is 526. The topological polar surface area (TPSA) is 81.4 Å². The predicted molar refractivity (Wildman–Crippen MR) is 67.9 cm³/mol. The molecule has 5 nitrogen and oxygen atoms in total. The van der Waals surface area contributed by atoms with Gasteiger partial charge in [-0.3, -0.25) is 0 Å². The zero-order chi connectivity index (χ0) is 14.5. The minimum atomic E-state index is -3.81. The molecule has 0 radical (unpaired) electrons. The van der Waals surface area contributed by atoms with Gasteiger partial charge in [-0.05, 0) is 18.2 Å². The second kappa shape index (κ2) is 6.99. The first-order valence-electron chi connectivity index (χ1n) is 5.23. The number of anilines is 1. The lowest BCUT2D eigenvalue weighted by atomic mass is 10.3. The molecule has 0 heterocycles. The molecule has 0 fully saturated rings. The Balaban J connectivity index is 2.56. The SMILES string of the molecule is Nc1ccc(S(=O)(=O)NCCOCC(F)F)c(Cl)c1. The Hall–Kier alpha value is -0.960. The summed E-state index contributed by atoms with van der Waals surface area (Å²) in [5.41, 5.74) is 5.79. The summed E-state index contributed by atoms with van der Waals surface area (Å²) in [4.78, 5) is -0.128. The Morgan fingerprint density at radius 3 is 2.68 bits per heavy atom. The minimum absolute atomic E-state index is 0.0130. The van der Waals surface area contributed by atoms with Crippen molar-refractivity contribution in [1.82, 2.24) is 4.72 Å². The molecule has 108 valence electrons. The van der Waals surface area contributed by atoms with Gasteiger partial charge in [0.2, 0.25) is 10.0 Å². The van der Waals surface area contributed by atoms with Gasteiger partial charge in [0.25, 0.3) is 6.43 Å². The van der Waals surface area contributed by atoms with Gasteiger partial charge in [-0.2, -0.15) is 0 Å². The summed E-state index contributed by atoms with van der Waals surface area (Å²) in [6.45, 7) is -1.02. The number of sulfonamides is 1. The number of rotatable bonds is 7. The van der Waals surface area contributed by atoms with Crippen molar-refractivity contribution in [2.75, 3.05) is 25.5 Å². The molecule has 1 aromatic carbocycles. The van der Waals surface area contributed by atoms with Gasteiger partial charge in [-0.25, -0.2) is 21.9 Å². The smallest absolute Gasteiger partial charge is 0.261 e. The van der Waals surface area contributed by atoms with E-state index in [4.69, 9.17) is 17.3 Å². The lowest BCUT2D eigenvalue weighted by molar-refractivity contribution is 0.0199. The third kappa shape index (κ3) is 5.27. The maximum atomic E-state index is 11.8. The van der Waals surface area contributed by atoms with E-state index in [0.29, 0.717) is 5.69 Å². The van der Waals surface area contributed by atoms with Crippen LogP contribution in [0.3, 0.4) is 0 Å². The van der Waals surface area contributed by atoms with Gasteiger partial charge in [-0.1, -0.05) is 11.6 Å². The first-order chi connectivity index (χ1) is 8.83. The molecule has 1 aromatic rings. The molecule has 0 aliphatic carbocycles. The van der Waals surface area contributed by atoms with Gasteiger partial charge in [0.1, 0.15) is 11.5 Å². The number of nitrogens with one attached hydrogen (secondary N) is 1. The maximum Gasteiger partial charge on any atom is 0.261 e. The van der Waals surface area contributed by atoms with E-state index in [1.807, 2.05) is 0 Å². The van der Waals surface area contributed by atoms with Crippen LogP contribution in [0, 0.1) is 0 Å². The molecular weight excluding hydrogens is 302 g/mol. The molecule has 0 unspecified atom stereocenters. The van der Waals surface area contributed by atoms with Gasteiger partial charge in [0.05, 0.1) is 11.6 Å². The zero-order valence-corrected chi connectivity index (χ0v) is 11.3. The molecule has 3 N–H and O–H groups in total. The highest BCUT2D eigenvalue weighted by atomic mass is 35.5. The second-order valence-electron chi connectivity index (χ2n) is 3.55. The van der Waals surface area contributed by atoms with Gasteiger partial charge in [0.15, 0.2) is 0 Å². The number of halogens is 3. The summed E-state index contributed by atoms with van der Waals surface area (Å²) in [6, 6.07) is 3.97. The van der Waals surface area contributed by atoms with Crippen LogP contribution in [-0.2, 0) is 14.8 Å². The van der Waals surface area contributed by atoms with E-state index < -0.39 is 23.1 Å². The number of nitrogen functional groups attached to an aromatic ring is 1. The lowest BCUT2D eigenvalue weighted by Gasteiger charge is -2.09. The standard InChI is InChI=1S/C10H13ClF2N2O3S/c11-8-5-7(14)1-2-9(8)19(16,17)15-3-4-18-6-10(12)13/h1-2,5,10,15H,3-4,6,14H2. The largest absolute Gasteiger partial charge is 0.399 e. The minimum Gasteiger partial charge on any atom is -0.399 e. The van der Waals surface area contributed by atoms with E-state index in [1.165, 1.54) is 18.2 Å². The maximum absolute atomic E-state index is 11.8. The monoisotopic (exact) mass is 314 g/mol. The van der Waals surface area contributed by atoms with E-state index in [-0.39, 0.29) is 23.1 Å². The predicted octanol–water partition coefficient (Wildman–Crippen LogP) is 1.48. The first kappa shape index (κ1) is 16.1. The number of hydrogen-bond acceptors (Lipinski definition) is 4. The van der Waals surface area contributed by atoms with Gasteiger partial charge in [-0.15, -0.1) is 0 Å². The van der Waals surface area contributed by atoms with E-state index >= 15 is 0 Å². The van der Waals surface area contributed by atoms with Crippen LogP contribution in [0.15, 0.2) is 23.1 Å². The molecule has 0 aliphatic heterocycles. The molecule has 19 heavy (non-hydrogen) atoms. The fourth-order valence-corrected chi connectivity index (χ4v) is 2.80. The van der Waals surface area contributed by atoms with Crippen molar-refractivity contribution in [3.63, 3.8) is 0 Å². The highest BCUT2D eigenvalue weighted by Gasteiger charge is 2.17. The van der Waals surface area contributed by atoms with Gasteiger partial charge >= 0.3 is 0 Å². The highest BCUT2D eigenvalue weighted by Crippen LogP contribution is 2.23. The Labute approximate surface area is 114 Å². The summed E-state index contributed by atoms with van der Waals surface area (Å²) in [6.07, 6.45) is -2.58. The number of nitrogens with two attached hydrogens (primary N) is 1. The van der Waals surface area contributed by atoms with E-state index in [2.05, 4.69) is 9.46 Å². The molecule has 0 bridgehead atoms. The van der Waals surface area contributed by atoms with Crippen molar-refractivity contribution in [2.24, 2.45) is 0 Å². The molecular formula is C10H13ClF2N2O3S. The van der Waals surface area contributed by atoms with E-state index in [9.17, 15) is 17.2 Å². The number of hydrogen-bond donors (Lipinski definition) is 2. The number of alkyl halides is 2. The van der Waals surface area contributed by atoms with Crippen molar-refractivity contribution in [1.29, 1.82) is 0 Å². The summed E-state index contributed by atoms with van der Waals surface area (Å²) >= 11 is 5.77. The first-order valence-corrected chi connectivity index (χ1v) is 7.09. The average molecular weight is 315 g/mol. The van der Waals surface area contributed by atoms with Crippen LogP contribution < -0.4 is 10.5 Å². The molecule has 9 heteroatoms. The lowest BCUT2D eigenvalue weighted by Crippen LogP contribution is -2.28.